The van der Waals surface area contributed by atoms with Crippen LogP contribution in [0.1, 0.15) is 5.56 Å². The van der Waals surface area contributed by atoms with E-state index >= 15 is 0 Å². The van der Waals surface area contributed by atoms with Crippen LogP contribution in [0.25, 0.3) is 0 Å². The number of anilines is 1. The van der Waals surface area contributed by atoms with Gasteiger partial charge in [0.2, 0.25) is 0 Å². The Bertz CT molecular complexity index is 286. The molecule has 0 fully saturated rings. The summed E-state index contributed by atoms with van der Waals surface area (Å²) < 4.78 is 1.02. The van der Waals surface area contributed by atoms with Crippen molar-refractivity contribution >= 4 is 27.9 Å². The molecule has 1 N–H and O–H groups in total. The summed E-state index contributed by atoms with van der Waals surface area (Å²) in [6.45, 7) is 0. The number of rotatable bonds is 3. The van der Waals surface area contributed by atoms with Gasteiger partial charge in [-0.2, -0.15) is 0 Å². The van der Waals surface area contributed by atoms with Crippen LogP contribution in [0.4, 0.5) is 5.69 Å². The Labute approximate surface area is 80.1 Å². The summed E-state index contributed by atoms with van der Waals surface area (Å²) in [6.07, 6.45) is 1.37. The van der Waals surface area contributed by atoms with E-state index in [2.05, 4.69) is 21.2 Å². The molecular weight excluding hydrogens is 218 g/mol. The monoisotopic (exact) mass is 227 g/mol. The zero-order chi connectivity index (χ0) is 8.97. The van der Waals surface area contributed by atoms with E-state index in [1.165, 1.54) is 0 Å². The van der Waals surface area contributed by atoms with Gasteiger partial charge in [-0.15, -0.1) is 0 Å². The Balaban J connectivity index is 3.01. The standard InChI is InChI=1S/C9H10BrNO/c1-11-9-6-8(10)3-2-7(9)4-5-12/h2-3,5-6,11H,4H2,1H3. The fraction of sp³-hybridized carbons (Fsp3) is 0.222. The third kappa shape index (κ3) is 2.08. The van der Waals surface area contributed by atoms with Crippen molar-refractivity contribution in [3.05, 3.63) is 28.2 Å². The molecule has 0 saturated carbocycles. The van der Waals surface area contributed by atoms with Gasteiger partial charge in [0, 0.05) is 23.6 Å². The van der Waals surface area contributed by atoms with Gasteiger partial charge in [-0.1, -0.05) is 22.0 Å². The fourth-order valence-corrected chi connectivity index (χ4v) is 1.41. The predicted molar refractivity (Wildman–Crippen MR) is 53.5 cm³/mol. The van der Waals surface area contributed by atoms with E-state index in [0.29, 0.717) is 6.42 Å². The van der Waals surface area contributed by atoms with Crippen LogP contribution < -0.4 is 5.32 Å². The van der Waals surface area contributed by atoms with Gasteiger partial charge < -0.3 is 10.1 Å². The SMILES string of the molecule is CNc1cc(Br)ccc1CC=O. The number of hydrogen-bond acceptors (Lipinski definition) is 2. The first-order valence-electron chi connectivity index (χ1n) is 3.67. The summed E-state index contributed by atoms with van der Waals surface area (Å²) >= 11 is 3.36. The maximum Gasteiger partial charge on any atom is 0.124 e. The van der Waals surface area contributed by atoms with Crippen LogP contribution in [0.5, 0.6) is 0 Å². The molecule has 64 valence electrons. The lowest BCUT2D eigenvalue weighted by atomic mass is 10.1. The molecule has 0 amide bonds. The molecule has 2 nitrogen and oxygen atoms in total. The zero-order valence-electron chi connectivity index (χ0n) is 6.80. The van der Waals surface area contributed by atoms with E-state index in [4.69, 9.17) is 0 Å². The summed E-state index contributed by atoms with van der Waals surface area (Å²) in [5, 5.41) is 3.03. The molecule has 1 rings (SSSR count). The van der Waals surface area contributed by atoms with Crippen LogP contribution in [0.15, 0.2) is 22.7 Å². The lowest BCUT2D eigenvalue weighted by molar-refractivity contribution is -0.107. The molecule has 0 unspecified atom stereocenters. The van der Waals surface area contributed by atoms with E-state index in [1.54, 1.807) is 0 Å². The van der Waals surface area contributed by atoms with Gasteiger partial charge in [0.25, 0.3) is 0 Å². The highest BCUT2D eigenvalue weighted by atomic mass is 79.9. The minimum absolute atomic E-state index is 0.462. The largest absolute Gasteiger partial charge is 0.388 e. The topological polar surface area (TPSA) is 29.1 Å². The number of carbonyl (C=O) groups excluding carboxylic acids is 1. The lowest BCUT2D eigenvalue weighted by Crippen LogP contribution is -1.95. The molecule has 0 atom stereocenters. The van der Waals surface area contributed by atoms with Gasteiger partial charge >= 0.3 is 0 Å². The Morgan fingerprint density at radius 3 is 2.92 bits per heavy atom. The molecule has 0 aliphatic rings. The molecule has 0 aliphatic carbocycles. The Kier molecular flexibility index (Phi) is 3.29. The van der Waals surface area contributed by atoms with Crippen molar-refractivity contribution in [1.82, 2.24) is 0 Å². The quantitative estimate of drug-likeness (QED) is 0.803. The molecule has 0 aromatic heterocycles. The maximum absolute atomic E-state index is 10.3. The number of nitrogens with one attached hydrogen (secondary N) is 1. The first-order chi connectivity index (χ1) is 5.77. The Morgan fingerprint density at radius 2 is 2.33 bits per heavy atom. The first-order valence-corrected chi connectivity index (χ1v) is 4.47. The van der Waals surface area contributed by atoms with E-state index in [9.17, 15) is 4.79 Å². The normalized spacial score (nSPS) is 9.50. The van der Waals surface area contributed by atoms with Crippen molar-refractivity contribution < 1.29 is 4.79 Å². The molecule has 0 aliphatic heterocycles. The molecule has 0 radical (unpaired) electrons. The summed E-state index contributed by atoms with van der Waals surface area (Å²) in [5.41, 5.74) is 2.02. The summed E-state index contributed by atoms with van der Waals surface area (Å²) in [7, 11) is 1.84. The molecule has 0 spiro atoms. The van der Waals surface area contributed by atoms with Gasteiger partial charge in [-0.3, -0.25) is 0 Å². The number of hydrogen-bond donors (Lipinski definition) is 1. The average Bonchev–Trinajstić information content (AvgIpc) is 2.08. The molecule has 0 bridgehead atoms. The summed E-state index contributed by atoms with van der Waals surface area (Å²) in [5.74, 6) is 0. The highest BCUT2D eigenvalue weighted by Gasteiger charge is 1.99. The Hall–Kier alpha value is -0.830. The van der Waals surface area contributed by atoms with Gasteiger partial charge in [0.05, 0.1) is 0 Å². The molecular formula is C9H10BrNO. The highest BCUT2D eigenvalue weighted by molar-refractivity contribution is 9.10. The van der Waals surface area contributed by atoms with Crippen molar-refractivity contribution in [3.63, 3.8) is 0 Å². The third-order valence-corrected chi connectivity index (χ3v) is 2.14. The van der Waals surface area contributed by atoms with Crippen molar-refractivity contribution in [2.24, 2.45) is 0 Å². The molecule has 0 heterocycles. The lowest BCUT2D eigenvalue weighted by Gasteiger charge is -2.06. The van der Waals surface area contributed by atoms with E-state index in [0.717, 1.165) is 22.0 Å². The minimum atomic E-state index is 0.462. The van der Waals surface area contributed by atoms with E-state index in [-0.39, 0.29) is 0 Å². The second-order valence-electron chi connectivity index (χ2n) is 2.42. The second-order valence-corrected chi connectivity index (χ2v) is 3.34. The van der Waals surface area contributed by atoms with E-state index in [1.807, 2.05) is 25.2 Å². The highest BCUT2D eigenvalue weighted by Crippen LogP contribution is 2.20. The van der Waals surface area contributed by atoms with Crippen LogP contribution in [0, 0.1) is 0 Å². The second kappa shape index (κ2) is 4.26. The molecule has 12 heavy (non-hydrogen) atoms. The van der Waals surface area contributed by atoms with Crippen LogP contribution in [-0.2, 0) is 11.2 Å². The van der Waals surface area contributed by atoms with Crippen LogP contribution in [0.3, 0.4) is 0 Å². The molecule has 3 heteroatoms. The molecule has 1 aromatic carbocycles. The summed E-state index contributed by atoms with van der Waals surface area (Å²) in [4.78, 5) is 10.3. The molecule has 0 saturated heterocycles. The number of aldehydes is 1. The van der Waals surface area contributed by atoms with E-state index < -0.39 is 0 Å². The van der Waals surface area contributed by atoms with Crippen molar-refractivity contribution in [1.29, 1.82) is 0 Å². The van der Waals surface area contributed by atoms with Crippen molar-refractivity contribution in [3.8, 4) is 0 Å². The predicted octanol–water partition coefficient (Wildman–Crippen LogP) is 2.23. The number of halogens is 1. The summed E-state index contributed by atoms with van der Waals surface area (Å²) in [6, 6.07) is 5.82. The smallest absolute Gasteiger partial charge is 0.124 e. The van der Waals surface area contributed by atoms with Crippen molar-refractivity contribution in [2.45, 2.75) is 6.42 Å². The Morgan fingerprint density at radius 1 is 1.58 bits per heavy atom. The van der Waals surface area contributed by atoms with Crippen LogP contribution in [-0.4, -0.2) is 13.3 Å². The average molecular weight is 228 g/mol. The third-order valence-electron chi connectivity index (χ3n) is 1.64. The maximum atomic E-state index is 10.3. The van der Waals surface area contributed by atoms with Gasteiger partial charge in [0.15, 0.2) is 0 Å². The van der Waals surface area contributed by atoms with Crippen LogP contribution in [0.2, 0.25) is 0 Å². The van der Waals surface area contributed by atoms with Crippen LogP contribution >= 0.6 is 15.9 Å². The zero-order valence-corrected chi connectivity index (χ0v) is 8.39. The van der Waals surface area contributed by atoms with Gasteiger partial charge in [-0.05, 0) is 17.7 Å². The fourth-order valence-electron chi connectivity index (χ4n) is 1.05. The molecule has 1 aromatic rings. The number of benzene rings is 1. The number of carbonyl (C=O) groups is 1. The van der Waals surface area contributed by atoms with Gasteiger partial charge in [-0.25, -0.2) is 0 Å². The van der Waals surface area contributed by atoms with Gasteiger partial charge in [0.1, 0.15) is 6.29 Å². The van der Waals surface area contributed by atoms with Crippen molar-refractivity contribution in [2.75, 3.05) is 12.4 Å². The minimum Gasteiger partial charge on any atom is -0.388 e. The first kappa shape index (κ1) is 9.26.